The van der Waals surface area contributed by atoms with Gasteiger partial charge in [0.2, 0.25) is 5.89 Å². The summed E-state index contributed by atoms with van der Waals surface area (Å²) in [4.78, 5) is 18.7. The summed E-state index contributed by atoms with van der Waals surface area (Å²) in [7, 11) is 1.43. The number of piperidine rings is 1. The zero-order valence-electron chi connectivity index (χ0n) is 20.3. The van der Waals surface area contributed by atoms with Crippen molar-refractivity contribution in [2.75, 3.05) is 20.3 Å². The van der Waals surface area contributed by atoms with E-state index in [9.17, 15) is 18.0 Å². The van der Waals surface area contributed by atoms with E-state index in [1.807, 2.05) is 24.3 Å². The number of hydrogen-bond acceptors (Lipinski definition) is 6. The molecule has 9 heteroatoms. The lowest BCUT2D eigenvalue weighted by atomic mass is 10.0. The number of aromatic nitrogens is 1. The molecule has 0 aliphatic carbocycles. The van der Waals surface area contributed by atoms with E-state index in [2.05, 4.69) is 9.88 Å². The van der Waals surface area contributed by atoms with Gasteiger partial charge in [0, 0.05) is 18.5 Å². The fourth-order valence-electron chi connectivity index (χ4n) is 4.36. The predicted octanol–water partition coefficient (Wildman–Crippen LogP) is 5.82. The molecule has 6 nitrogen and oxygen atoms in total. The minimum absolute atomic E-state index is 0.181. The second-order valence-electron chi connectivity index (χ2n) is 8.84. The summed E-state index contributed by atoms with van der Waals surface area (Å²) in [6.45, 7) is 3.68. The maximum atomic E-state index is 12.8. The van der Waals surface area contributed by atoms with Crippen molar-refractivity contribution in [1.29, 1.82) is 0 Å². The van der Waals surface area contributed by atoms with Gasteiger partial charge in [0.1, 0.15) is 17.6 Å². The maximum absolute atomic E-state index is 12.8. The molecule has 0 saturated carbocycles. The van der Waals surface area contributed by atoms with Crippen LogP contribution >= 0.6 is 0 Å². The molecular formula is C27H29F3N2O4. The molecule has 2 heterocycles. The fraction of sp³-hybridized carbons (Fsp3) is 0.407. The first-order valence-corrected chi connectivity index (χ1v) is 11.9. The second-order valence-corrected chi connectivity index (χ2v) is 8.84. The highest BCUT2D eigenvalue weighted by atomic mass is 19.4. The Balaban J connectivity index is 1.30. The largest absolute Gasteiger partial charge is 0.493 e. The lowest BCUT2D eigenvalue weighted by Crippen LogP contribution is -2.44. The van der Waals surface area contributed by atoms with Crippen LogP contribution in [-0.4, -0.2) is 42.2 Å². The molecule has 0 N–H and O–H groups in total. The number of esters is 1. The summed E-state index contributed by atoms with van der Waals surface area (Å²) in [6.07, 6.45) is -0.983. The highest BCUT2D eigenvalue weighted by Crippen LogP contribution is 2.31. The molecule has 1 atom stereocenters. The number of likely N-dealkylation sites (tertiary alicyclic amines) is 1. The molecule has 1 aliphatic heterocycles. The van der Waals surface area contributed by atoms with E-state index in [0.717, 1.165) is 43.5 Å². The Hall–Kier alpha value is -3.33. The first-order chi connectivity index (χ1) is 17.2. The van der Waals surface area contributed by atoms with Crippen LogP contribution in [0.5, 0.6) is 5.75 Å². The Morgan fingerprint density at radius 2 is 1.83 bits per heavy atom. The minimum Gasteiger partial charge on any atom is -0.493 e. The molecule has 1 saturated heterocycles. The SMILES string of the molecule is COC(=O)C1CCCCN1Cc1ccc(OCCc2nc(-c3ccc(C(F)(F)F)cc3)oc2C)cc1. The first kappa shape index (κ1) is 25.8. The number of aryl methyl sites for hydroxylation is 1. The zero-order valence-corrected chi connectivity index (χ0v) is 20.3. The summed E-state index contributed by atoms with van der Waals surface area (Å²) in [5, 5.41) is 0. The predicted molar refractivity (Wildman–Crippen MR) is 127 cm³/mol. The monoisotopic (exact) mass is 502 g/mol. The number of oxazole rings is 1. The molecule has 192 valence electrons. The molecule has 1 aliphatic rings. The number of hydrogen-bond donors (Lipinski definition) is 0. The molecule has 0 spiro atoms. The van der Waals surface area contributed by atoms with Crippen LogP contribution < -0.4 is 4.74 Å². The number of alkyl halides is 3. The van der Waals surface area contributed by atoms with Gasteiger partial charge >= 0.3 is 12.1 Å². The number of halogens is 3. The normalized spacial score (nSPS) is 16.6. The van der Waals surface area contributed by atoms with Crippen LogP contribution in [0.3, 0.4) is 0 Å². The summed E-state index contributed by atoms with van der Waals surface area (Å²) < 4.78 is 54.8. The van der Waals surface area contributed by atoms with E-state index in [0.29, 0.717) is 42.3 Å². The van der Waals surface area contributed by atoms with Gasteiger partial charge in [0.25, 0.3) is 0 Å². The van der Waals surface area contributed by atoms with Crippen molar-refractivity contribution in [3.63, 3.8) is 0 Å². The highest BCUT2D eigenvalue weighted by Gasteiger charge is 2.30. The molecule has 1 fully saturated rings. The maximum Gasteiger partial charge on any atom is 0.416 e. The van der Waals surface area contributed by atoms with E-state index in [4.69, 9.17) is 13.9 Å². The topological polar surface area (TPSA) is 64.8 Å². The van der Waals surface area contributed by atoms with Gasteiger partial charge in [0.15, 0.2) is 0 Å². The number of carbonyl (C=O) groups is 1. The molecule has 0 radical (unpaired) electrons. The van der Waals surface area contributed by atoms with Crippen molar-refractivity contribution in [3.8, 4) is 17.2 Å². The number of ether oxygens (including phenoxy) is 2. The molecule has 1 aromatic heterocycles. The van der Waals surface area contributed by atoms with Gasteiger partial charge in [-0.05, 0) is 68.3 Å². The average molecular weight is 503 g/mol. The van der Waals surface area contributed by atoms with Gasteiger partial charge in [-0.15, -0.1) is 0 Å². The number of carbonyl (C=O) groups excluding carboxylic acids is 1. The molecule has 4 rings (SSSR count). The third-order valence-electron chi connectivity index (χ3n) is 6.36. The zero-order chi connectivity index (χ0) is 25.7. The number of rotatable bonds is 8. The number of benzene rings is 2. The van der Waals surface area contributed by atoms with Crippen LogP contribution in [0.1, 0.15) is 41.8 Å². The average Bonchev–Trinajstić information content (AvgIpc) is 3.25. The van der Waals surface area contributed by atoms with Crippen LogP contribution in [0, 0.1) is 6.92 Å². The number of nitrogens with zero attached hydrogens (tertiary/aromatic N) is 2. The Labute approximate surface area is 208 Å². The lowest BCUT2D eigenvalue weighted by molar-refractivity contribution is -0.148. The van der Waals surface area contributed by atoms with Crippen LogP contribution in [0.25, 0.3) is 11.5 Å². The molecule has 0 amide bonds. The van der Waals surface area contributed by atoms with Gasteiger partial charge in [-0.25, -0.2) is 4.98 Å². The van der Waals surface area contributed by atoms with Gasteiger partial charge < -0.3 is 13.9 Å². The first-order valence-electron chi connectivity index (χ1n) is 11.9. The Bertz CT molecular complexity index is 1160. The van der Waals surface area contributed by atoms with Crippen LogP contribution in [0.4, 0.5) is 13.2 Å². The van der Waals surface area contributed by atoms with Crippen molar-refractivity contribution in [2.24, 2.45) is 0 Å². The van der Waals surface area contributed by atoms with Gasteiger partial charge in [-0.1, -0.05) is 18.6 Å². The number of methoxy groups -OCH3 is 1. The Kier molecular flexibility index (Phi) is 7.98. The van der Waals surface area contributed by atoms with Crippen LogP contribution in [0.2, 0.25) is 0 Å². The molecule has 0 bridgehead atoms. The van der Waals surface area contributed by atoms with E-state index in [-0.39, 0.29) is 17.9 Å². The van der Waals surface area contributed by atoms with Gasteiger partial charge in [-0.2, -0.15) is 13.2 Å². The molecule has 36 heavy (non-hydrogen) atoms. The molecule has 2 aromatic carbocycles. The van der Waals surface area contributed by atoms with Crippen LogP contribution in [-0.2, 0) is 28.7 Å². The molecular weight excluding hydrogens is 473 g/mol. The third-order valence-corrected chi connectivity index (χ3v) is 6.36. The molecule has 1 unspecified atom stereocenters. The summed E-state index contributed by atoms with van der Waals surface area (Å²) in [6, 6.07) is 12.3. The van der Waals surface area contributed by atoms with Gasteiger partial charge in [0.05, 0.1) is 25.0 Å². The fourth-order valence-corrected chi connectivity index (χ4v) is 4.36. The van der Waals surface area contributed by atoms with Crippen LogP contribution in [0.15, 0.2) is 52.9 Å². The quantitative estimate of drug-likeness (QED) is 0.362. The van der Waals surface area contributed by atoms with Crippen molar-refractivity contribution in [3.05, 3.63) is 71.1 Å². The van der Waals surface area contributed by atoms with Crippen molar-refractivity contribution >= 4 is 5.97 Å². The van der Waals surface area contributed by atoms with Crippen molar-refractivity contribution in [2.45, 2.75) is 51.4 Å². The summed E-state index contributed by atoms with van der Waals surface area (Å²) in [5.74, 6) is 1.42. The van der Waals surface area contributed by atoms with E-state index < -0.39 is 11.7 Å². The van der Waals surface area contributed by atoms with E-state index in [1.54, 1.807) is 6.92 Å². The standard InChI is InChI=1S/C27H29F3N2O4/c1-18-23(31-25(36-18)20-8-10-21(11-9-20)27(28,29)30)14-16-35-22-12-6-19(7-13-22)17-32-15-4-3-5-24(32)26(33)34-2/h6-13,24H,3-5,14-17H2,1-2H3. The lowest BCUT2D eigenvalue weighted by Gasteiger charge is -2.33. The second kappa shape index (κ2) is 11.2. The summed E-state index contributed by atoms with van der Waals surface area (Å²) in [5.41, 5.74) is 1.55. The van der Waals surface area contributed by atoms with Crippen molar-refractivity contribution in [1.82, 2.24) is 9.88 Å². The third kappa shape index (κ3) is 6.26. The minimum atomic E-state index is -4.38. The smallest absolute Gasteiger partial charge is 0.416 e. The van der Waals surface area contributed by atoms with Gasteiger partial charge in [-0.3, -0.25) is 9.69 Å². The summed E-state index contributed by atoms with van der Waals surface area (Å²) >= 11 is 0. The Morgan fingerprint density at radius 3 is 2.50 bits per heavy atom. The highest BCUT2D eigenvalue weighted by molar-refractivity contribution is 5.75. The van der Waals surface area contributed by atoms with E-state index >= 15 is 0 Å². The Morgan fingerprint density at radius 1 is 1.11 bits per heavy atom. The van der Waals surface area contributed by atoms with Crippen molar-refractivity contribution < 1.29 is 31.9 Å². The molecule has 3 aromatic rings. The van der Waals surface area contributed by atoms with E-state index in [1.165, 1.54) is 19.2 Å².